The summed E-state index contributed by atoms with van der Waals surface area (Å²) in [4.78, 5) is 37.0. The van der Waals surface area contributed by atoms with Crippen molar-refractivity contribution in [2.45, 2.75) is 32.7 Å². The Hall–Kier alpha value is -3.53. The number of aliphatic carboxylic acids is 1. The quantitative estimate of drug-likeness (QED) is 0.510. The average molecular weight is 483 g/mol. The predicted molar refractivity (Wildman–Crippen MR) is 113 cm³/mol. The molecule has 2 aromatic carbocycles. The van der Waals surface area contributed by atoms with Crippen LogP contribution in [-0.2, 0) is 16.0 Å². The van der Waals surface area contributed by atoms with Crippen LogP contribution in [-0.4, -0.2) is 38.1 Å². The molecule has 0 radical (unpaired) electrons. The fourth-order valence-electron chi connectivity index (χ4n) is 3.40. The maximum Gasteiger partial charge on any atom is 0.328 e. The number of halogens is 4. The summed E-state index contributed by atoms with van der Waals surface area (Å²) in [6, 6.07) is 3.92. The Morgan fingerprint density at radius 3 is 2.33 bits per heavy atom. The van der Waals surface area contributed by atoms with Gasteiger partial charge in [-0.15, -0.1) is 0 Å². The lowest BCUT2D eigenvalue weighted by atomic mass is 10.0. The van der Waals surface area contributed by atoms with Crippen LogP contribution < -0.4 is 5.32 Å². The number of benzene rings is 2. The molecule has 7 nitrogen and oxygen atoms in total. The molecule has 0 saturated heterocycles. The molecule has 0 fully saturated rings. The molecule has 3 aromatic rings. The Morgan fingerprint density at radius 2 is 1.76 bits per heavy atom. The summed E-state index contributed by atoms with van der Waals surface area (Å²) < 4.78 is 43.8. The topological polar surface area (TPSA) is 109 Å². The number of rotatable bonds is 5. The number of carboxylic acid groups (broad SMARTS) is 1. The lowest BCUT2D eigenvalue weighted by Crippen LogP contribution is -2.50. The van der Waals surface area contributed by atoms with Gasteiger partial charge < -0.3 is 15.5 Å². The maximum absolute atomic E-state index is 14.9. The third-order valence-corrected chi connectivity index (χ3v) is 5.49. The second kappa shape index (κ2) is 8.43. The van der Waals surface area contributed by atoms with Crippen LogP contribution in [0.5, 0.6) is 5.75 Å². The molecule has 3 N–H and O–H groups in total. The number of phenolic OH excluding ortho intramolecular Hbond substituents is 1. The van der Waals surface area contributed by atoms with E-state index >= 15 is 0 Å². The molecule has 0 unspecified atom stereocenters. The monoisotopic (exact) mass is 482 g/mol. The number of carboxylic acids is 1. The number of hydrogen-bond acceptors (Lipinski definition) is 4. The Kier molecular flexibility index (Phi) is 6.16. The molecule has 1 heterocycles. The molecule has 0 aliphatic carbocycles. The molecule has 0 bridgehead atoms. The van der Waals surface area contributed by atoms with E-state index in [1.54, 1.807) is 0 Å². The zero-order valence-corrected chi connectivity index (χ0v) is 18.4. The third kappa shape index (κ3) is 4.25. The highest BCUT2D eigenvalue weighted by atomic mass is 35.5. The smallest absolute Gasteiger partial charge is 0.328 e. The van der Waals surface area contributed by atoms with Crippen molar-refractivity contribution in [2.75, 3.05) is 0 Å². The minimum Gasteiger partial charge on any atom is -0.503 e. The van der Waals surface area contributed by atoms with E-state index < -0.39 is 58.3 Å². The molecular formula is C22H18ClF3N2O5. The van der Waals surface area contributed by atoms with Crippen LogP contribution in [0.2, 0.25) is 5.02 Å². The highest BCUT2D eigenvalue weighted by Crippen LogP contribution is 2.35. The normalized spacial score (nSPS) is 11.6. The summed E-state index contributed by atoms with van der Waals surface area (Å²) in [7, 11) is 0. The van der Waals surface area contributed by atoms with Crippen LogP contribution in [0, 0.1) is 24.4 Å². The standard InChI is InChI=1S/C22H18ClF3N2O5/c1-9-11(7-16(29)27-22(2,3)21(32)33)17-15(8-14(25)19(30)18(17)26)28(9)20(31)10-4-5-12(23)13(24)6-10/h4-6,8,30H,7H2,1-3H3,(H,27,29)(H,32,33). The molecule has 1 aromatic heterocycles. The van der Waals surface area contributed by atoms with Gasteiger partial charge in [0.1, 0.15) is 11.4 Å². The highest BCUT2D eigenvalue weighted by Gasteiger charge is 2.31. The molecule has 174 valence electrons. The molecule has 0 saturated carbocycles. The molecular weight excluding hydrogens is 465 g/mol. The largest absolute Gasteiger partial charge is 0.503 e. The predicted octanol–water partition coefficient (Wildman–Crippen LogP) is 3.94. The van der Waals surface area contributed by atoms with E-state index in [2.05, 4.69) is 5.32 Å². The number of fused-ring (bicyclic) bond motifs is 1. The van der Waals surface area contributed by atoms with Crippen LogP contribution in [0.15, 0.2) is 24.3 Å². The molecule has 33 heavy (non-hydrogen) atoms. The lowest BCUT2D eigenvalue weighted by molar-refractivity contribution is -0.145. The first kappa shape index (κ1) is 24.1. The number of nitrogens with one attached hydrogen (secondary N) is 1. The van der Waals surface area contributed by atoms with E-state index in [1.165, 1.54) is 26.8 Å². The van der Waals surface area contributed by atoms with Crippen molar-refractivity contribution < 1.29 is 37.8 Å². The average Bonchev–Trinajstić information content (AvgIpc) is 2.98. The lowest BCUT2D eigenvalue weighted by Gasteiger charge is -2.21. The highest BCUT2D eigenvalue weighted by molar-refractivity contribution is 6.30. The second-order valence-corrected chi connectivity index (χ2v) is 8.31. The van der Waals surface area contributed by atoms with Gasteiger partial charge in [-0.2, -0.15) is 0 Å². The van der Waals surface area contributed by atoms with Crippen molar-refractivity contribution in [2.24, 2.45) is 0 Å². The van der Waals surface area contributed by atoms with E-state index in [1.807, 2.05) is 0 Å². The van der Waals surface area contributed by atoms with Gasteiger partial charge in [0.05, 0.1) is 17.0 Å². The molecule has 3 rings (SSSR count). The minimum atomic E-state index is -1.65. The fraction of sp³-hybridized carbons (Fsp3) is 0.227. The number of amides is 1. The Balaban J connectivity index is 2.20. The van der Waals surface area contributed by atoms with Crippen molar-refractivity contribution in [3.05, 3.63) is 63.6 Å². The van der Waals surface area contributed by atoms with E-state index in [0.29, 0.717) is 6.07 Å². The van der Waals surface area contributed by atoms with Crippen molar-refractivity contribution in [3.8, 4) is 5.75 Å². The van der Waals surface area contributed by atoms with E-state index in [0.717, 1.165) is 16.7 Å². The first-order chi connectivity index (χ1) is 15.3. The molecule has 1 amide bonds. The Morgan fingerprint density at radius 1 is 1.12 bits per heavy atom. The summed E-state index contributed by atoms with van der Waals surface area (Å²) in [5.74, 6) is -7.95. The second-order valence-electron chi connectivity index (χ2n) is 7.90. The molecule has 0 spiro atoms. The number of phenols is 1. The third-order valence-electron chi connectivity index (χ3n) is 5.18. The number of hydrogen-bond donors (Lipinski definition) is 3. The molecule has 0 aliphatic rings. The van der Waals surface area contributed by atoms with Gasteiger partial charge >= 0.3 is 5.97 Å². The number of aromatic hydroxyl groups is 1. The van der Waals surface area contributed by atoms with Crippen molar-refractivity contribution in [1.29, 1.82) is 0 Å². The summed E-state index contributed by atoms with van der Waals surface area (Å²) in [6.07, 6.45) is -0.587. The van der Waals surface area contributed by atoms with Gasteiger partial charge in [0.15, 0.2) is 17.4 Å². The van der Waals surface area contributed by atoms with Crippen molar-refractivity contribution in [1.82, 2.24) is 9.88 Å². The number of carbonyl (C=O) groups excluding carboxylic acids is 2. The first-order valence-corrected chi connectivity index (χ1v) is 9.89. The van der Waals surface area contributed by atoms with Gasteiger partial charge in [-0.3, -0.25) is 14.2 Å². The number of nitrogens with zero attached hydrogens (tertiary/aromatic N) is 1. The fourth-order valence-corrected chi connectivity index (χ4v) is 3.52. The van der Waals surface area contributed by atoms with Crippen molar-refractivity contribution in [3.63, 3.8) is 0 Å². The molecule has 11 heteroatoms. The van der Waals surface area contributed by atoms with Crippen LogP contribution in [0.3, 0.4) is 0 Å². The van der Waals surface area contributed by atoms with Gasteiger partial charge in [0.25, 0.3) is 5.91 Å². The van der Waals surface area contributed by atoms with Gasteiger partial charge in [0, 0.05) is 22.7 Å². The van der Waals surface area contributed by atoms with Gasteiger partial charge in [-0.25, -0.2) is 18.0 Å². The summed E-state index contributed by atoms with van der Waals surface area (Å²) in [5.41, 5.74) is -2.21. The van der Waals surface area contributed by atoms with E-state index in [9.17, 15) is 37.8 Å². The SMILES string of the molecule is Cc1c(CC(=O)NC(C)(C)C(=O)O)c2c(F)c(O)c(F)cc2n1C(=O)c1ccc(Cl)c(F)c1. The van der Waals surface area contributed by atoms with E-state index in [-0.39, 0.29) is 27.4 Å². The summed E-state index contributed by atoms with van der Waals surface area (Å²) >= 11 is 5.65. The zero-order valence-electron chi connectivity index (χ0n) is 17.6. The summed E-state index contributed by atoms with van der Waals surface area (Å²) in [5, 5.41) is 20.6. The summed E-state index contributed by atoms with van der Waals surface area (Å²) in [6.45, 7) is 3.83. The molecule has 0 aliphatic heterocycles. The van der Waals surface area contributed by atoms with Crippen LogP contribution >= 0.6 is 11.6 Å². The van der Waals surface area contributed by atoms with Gasteiger partial charge in [-0.1, -0.05) is 11.6 Å². The van der Waals surface area contributed by atoms with Crippen molar-refractivity contribution >= 4 is 40.3 Å². The van der Waals surface area contributed by atoms with Gasteiger partial charge in [0.2, 0.25) is 5.91 Å². The number of carbonyl (C=O) groups is 3. The number of aromatic nitrogens is 1. The maximum atomic E-state index is 14.9. The van der Waals surface area contributed by atoms with Crippen LogP contribution in [0.1, 0.15) is 35.5 Å². The van der Waals surface area contributed by atoms with Crippen LogP contribution in [0.25, 0.3) is 10.9 Å². The Labute approximate surface area is 190 Å². The molecule has 0 atom stereocenters. The van der Waals surface area contributed by atoms with Gasteiger partial charge in [-0.05, 0) is 44.5 Å². The minimum absolute atomic E-state index is 0.0116. The van der Waals surface area contributed by atoms with E-state index in [4.69, 9.17) is 11.6 Å². The van der Waals surface area contributed by atoms with Crippen LogP contribution in [0.4, 0.5) is 13.2 Å². The zero-order chi connectivity index (χ0) is 24.8. The first-order valence-electron chi connectivity index (χ1n) is 9.51. The Bertz CT molecular complexity index is 1330.